The van der Waals surface area contributed by atoms with Crippen molar-refractivity contribution in [2.45, 2.75) is 43.8 Å². The van der Waals surface area contributed by atoms with Crippen molar-refractivity contribution in [3.8, 4) is 0 Å². The van der Waals surface area contributed by atoms with Gasteiger partial charge in [0, 0.05) is 19.0 Å². The van der Waals surface area contributed by atoms with Crippen LogP contribution in [0.25, 0.3) is 0 Å². The molecule has 1 aromatic carbocycles. The topological polar surface area (TPSA) is 29.5 Å². The van der Waals surface area contributed by atoms with Gasteiger partial charge in [0.25, 0.3) is 0 Å². The highest BCUT2D eigenvalue weighted by molar-refractivity contribution is 5.80. The van der Waals surface area contributed by atoms with E-state index in [1.165, 1.54) is 5.56 Å². The number of nitrogens with zero attached hydrogens (tertiary/aromatic N) is 1. The van der Waals surface area contributed by atoms with Gasteiger partial charge in [-0.25, -0.2) is 0 Å². The summed E-state index contributed by atoms with van der Waals surface area (Å²) in [5.74, 6) is 0.999. The number of rotatable bonds is 2. The van der Waals surface area contributed by atoms with Crippen molar-refractivity contribution >= 4 is 5.91 Å². The number of carbonyl (C=O) groups is 1. The smallest absolute Gasteiger partial charge is 0.228 e. The van der Waals surface area contributed by atoms with Crippen molar-refractivity contribution in [2.75, 3.05) is 13.1 Å². The number of amides is 1. The third-order valence-corrected chi connectivity index (χ3v) is 5.19. The van der Waals surface area contributed by atoms with Crippen LogP contribution < -0.4 is 0 Å². The average Bonchev–Trinajstić information content (AvgIpc) is 3.23. The Hall–Kier alpha value is -1.35. The number of ether oxygens (including phenoxy) is 1. The van der Waals surface area contributed by atoms with E-state index in [0.29, 0.717) is 17.9 Å². The third kappa shape index (κ3) is 2.05. The summed E-state index contributed by atoms with van der Waals surface area (Å²) in [5.41, 5.74) is 1.37. The van der Waals surface area contributed by atoms with Gasteiger partial charge in [-0.05, 0) is 31.2 Å². The molecule has 20 heavy (non-hydrogen) atoms. The molecule has 3 aliphatic heterocycles. The summed E-state index contributed by atoms with van der Waals surface area (Å²) in [5, 5.41) is 0. The van der Waals surface area contributed by atoms with Crippen molar-refractivity contribution < 1.29 is 9.53 Å². The van der Waals surface area contributed by atoms with E-state index in [9.17, 15) is 4.79 Å². The van der Waals surface area contributed by atoms with Crippen LogP contribution in [0.3, 0.4) is 0 Å². The van der Waals surface area contributed by atoms with Gasteiger partial charge < -0.3 is 9.64 Å². The molecule has 0 aliphatic carbocycles. The summed E-state index contributed by atoms with van der Waals surface area (Å²) in [7, 11) is 0. The predicted molar refractivity (Wildman–Crippen MR) is 76.4 cm³/mol. The molecule has 0 saturated carbocycles. The molecule has 1 aromatic rings. The fourth-order valence-electron chi connectivity index (χ4n) is 4.09. The van der Waals surface area contributed by atoms with Crippen LogP contribution in [-0.4, -0.2) is 36.1 Å². The molecular weight excluding hydrogens is 250 g/mol. The van der Waals surface area contributed by atoms with E-state index in [-0.39, 0.29) is 12.0 Å². The maximum atomic E-state index is 12.7. The van der Waals surface area contributed by atoms with E-state index in [0.717, 1.165) is 38.8 Å². The highest BCUT2D eigenvalue weighted by Crippen LogP contribution is 2.40. The summed E-state index contributed by atoms with van der Waals surface area (Å²) >= 11 is 0. The van der Waals surface area contributed by atoms with Gasteiger partial charge in [0.2, 0.25) is 5.91 Å². The van der Waals surface area contributed by atoms with Crippen LogP contribution in [-0.2, 0) is 9.53 Å². The zero-order chi connectivity index (χ0) is 13.5. The number of hydrogen-bond donors (Lipinski definition) is 0. The first-order valence-electron chi connectivity index (χ1n) is 7.80. The van der Waals surface area contributed by atoms with E-state index >= 15 is 0 Å². The Morgan fingerprint density at radius 3 is 2.70 bits per heavy atom. The lowest BCUT2D eigenvalue weighted by molar-refractivity contribution is -0.136. The van der Waals surface area contributed by atoms with Crippen molar-refractivity contribution in [2.24, 2.45) is 5.92 Å². The van der Waals surface area contributed by atoms with Gasteiger partial charge >= 0.3 is 0 Å². The fourth-order valence-corrected chi connectivity index (χ4v) is 4.09. The molecule has 0 spiro atoms. The Morgan fingerprint density at radius 1 is 1.15 bits per heavy atom. The van der Waals surface area contributed by atoms with Gasteiger partial charge in [-0.1, -0.05) is 30.3 Å². The largest absolute Gasteiger partial charge is 0.374 e. The Labute approximate surface area is 119 Å². The Balaban J connectivity index is 1.42. The molecular formula is C17H21NO2. The second-order valence-electron chi connectivity index (χ2n) is 6.40. The Bertz CT molecular complexity index is 501. The van der Waals surface area contributed by atoms with Gasteiger partial charge in [0.15, 0.2) is 0 Å². The third-order valence-electron chi connectivity index (χ3n) is 5.19. The van der Waals surface area contributed by atoms with Crippen LogP contribution >= 0.6 is 0 Å². The number of benzene rings is 1. The van der Waals surface area contributed by atoms with Crippen LogP contribution in [0.2, 0.25) is 0 Å². The van der Waals surface area contributed by atoms with E-state index in [1.54, 1.807) is 0 Å². The zero-order valence-electron chi connectivity index (χ0n) is 11.7. The van der Waals surface area contributed by atoms with Gasteiger partial charge in [-0.3, -0.25) is 4.79 Å². The van der Waals surface area contributed by atoms with Crippen LogP contribution in [0.1, 0.15) is 37.2 Å². The maximum Gasteiger partial charge on any atom is 0.228 e. The van der Waals surface area contributed by atoms with Crippen LogP contribution in [0.4, 0.5) is 0 Å². The van der Waals surface area contributed by atoms with E-state index in [2.05, 4.69) is 29.2 Å². The quantitative estimate of drug-likeness (QED) is 0.827. The average molecular weight is 271 g/mol. The van der Waals surface area contributed by atoms with Crippen molar-refractivity contribution in [1.82, 2.24) is 4.90 Å². The first-order valence-corrected chi connectivity index (χ1v) is 7.80. The number of carbonyl (C=O) groups excluding carboxylic acids is 1. The predicted octanol–water partition coefficient (Wildman–Crippen LogP) is 2.57. The monoisotopic (exact) mass is 271 g/mol. The molecule has 3 saturated heterocycles. The van der Waals surface area contributed by atoms with E-state index < -0.39 is 0 Å². The van der Waals surface area contributed by atoms with Crippen LogP contribution in [0, 0.1) is 5.92 Å². The number of fused-ring (bicyclic) bond motifs is 2. The maximum absolute atomic E-state index is 12.7. The molecule has 2 bridgehead atoms. The van der Waals surface area contributed by atoms with Crippen LogP contribution in [0.15, 0.2) is 30.3 Å². The summed E-state index contributed by atoms with van der Waals surface area (Å²) < 4.78 is 5.83. The van der Waals surface area contributed by atoms with Crippen LogP contribution in [0.5, 0.6) is 0 Å². The summed E-state index contributed by atoms with van der Waals surface area (Å²) in [6.45, 7) is 1.79. The van der Waals surface area contributed by atoms with E-state index in [1.807, 2.05) is 6.07 Å². The highest BCUT2D eigenvalue weighted by Gasteiger charge is 2.46. The van der Waals surface area contributed by atoms with E-state index in [4.69, 9.17) is 4.74 Å². The number of hydrogen-bond acceptors (Lipinski definition) is 2. The van der Waals surface area contributed by atoms with Crippen molar-refractivity contribution in [3.05, 3.63) is 35.9 Å². The molecule has 3 heteroatoms. The minimum atomic E-state index is 0.142. The fraction of sp³-hybridized carbons (Fsp3) is 0.588. The van der Waals surface area contributed by atoms with Gasteiger partial charge in [0.1, 0.15) is 0 Å². The SMILES string of the molecule is O=C(C1CC2CCC1O2)N1CCC(c2ccccc2)C1. The molecule has 1 amide bonds. The first-order chi connectivity index (χ1) is 9.81. The second-order valence-corrected chi connectivity index (χ2v) is 6.40. The highest BCUT2D eigenvalue weighted by atomic mass is 16.5. The second kappa shape index (κ2) is 4.88. The lowest BCUT2D eigenvalue weighted by Crippen LogP contribution is -2.38. The van der Waals surface area contributed by atoms with Gasteiger partial charge in [0.05, 0.1) is 18.1 Å². The molecule has 3 nitrogen and oxygen atoms in total. The van der Waals surface area contributed by atoms with Crippen molar-refractivity contribution in [3.63, 3.8) is 0 Å². The zero-order valence-corrected chi connectivity index (χ0v) is 11.7. The Kier molecular flexibility index (Phi) is 3.03. The molecule has 0 N–H and O–H groups in total. The normalized spacial score (nSPS) is 35.7. The summed E-state index contributed by atoms with van der Waals surface area (Å²) in [6.07, 6.45) is 4.86. The molecule has 4 atom stereocenters. The minimum absolute atomic E-state index is 0.142. The Morgan fingerprint density at radius 2 is 2.00 bits per heavy atom. The van der Waals surface area contributed by atoms with Gasteiger partial charge in [-0.2, -0.15) is 0 Å². The molecule has 0 aromatic heterocycles. The lowest BCUT2D eigenvalue weighted by atomic mass is 9.88. The van der Waals surface area contributed by atoms with Crippen molar-refractivity contribution in [1.29, 1.82) is 0 Å². The molecule has 4 rings (SSSR count). The molecule has 3 heterocycles. The minimum Gasteiger partial charge on any atom is -0.374 e. The molecule has 3 fully saturated rings. The standard InChI is InChI=1S/C17H21NO2/c19-17(15-10-14-6-7-16(15)20-14)18-9-8-13(11-18)12-4-2-1-3-5-12/h1-5,13-16H,6-11H2. The summed E-state index contributed by atoms with van der Waals surface area (Å²) in [4.78, 5) is 14.7. The summed E-state index contributed by atoms with van der Waals surface area (Å²) in [6, 6.07) is 10.6. The molecule has 4 unspecified atom stereocenters. The van der Waals surface area contributed by atoms with Gasteiger partial charge in [-0.15, -0.1) is 0 Å². The molecule has 3 aliphatic rings. The lowest BCUT2D eigenvalue weighted by Gasteiger charge is -2.24. The first kappa shape index (κ1) is 12.4. The molecule has 106 valence electrons. The number of likely N-dealkylation sites (tertiary alicyclic amines) is 1. The molecule has 0 radical (unpaired) electrons.